The average molecular weight is 316 g/mol. The fourth-order valence-electron chi connectivity index (χ4n) is 2.59. The van der Waals surface area contributed by atoms with Gasteiger partial charge >= 0.3 is 0 Å². The maximum Gasteiger partial charge on any atom is 0.243 e. The lowest BCUT2D eigenvalue weighted by Crippen LogP contribution is -2.52. The van der Waals surface area contributed by atoms with Gasteiger partial charge in [-0.15, -0.1) is 0 Å². The quantitative estimate of drug-likeness (QED) is 0.877. The van der Waals surface area contributed by atoms with E-state index in [-0.39, 0.29) is 17.5 Å². The van der Waals surface area contributed by atoms with Crippen LogP contribution in [0.4, 0.5) is 4.39 Å². The molecule has 0 radical (unpaired) electrons. The maximum atomic E-state index is 13.2. The zero-order valence-corrected chi connectivity index (χ0v) is 12.9. The molecule has 1 fully saturated rings. The Morgan fingerprint density at radius 2 is 1.95 bits per heavy atom. The highest BCUT2D eigenvalue weighted by Crippen LogP contribution is 2.19. The van der Waals surface area contributed by atoms with Gasteiger partial charge in [-0.2, -0.15) is 4.31 Å². The molecular weight excluding hydrogens is 295 g/mol. The van der Waals surface area contributed by atoms with Crippen LogP contribution in [-0.4, -0.2) is 61.6 Å². The Labute approximate surface area is 125 Å². The molecule has 1 unspecified atom stereocenters. The zero-order valence-electron chi connectivity index (χ0n) is 12.1. The third-order valence-electron chi connectivity index (χ3n) is 3.91. The third-order valence-corrected chi connectivity index (χ3v) is 5.80. The minimum absolute atomic E-state index is 0.00912. The number of hydrogen-bond acceptors (Lipinski definition) is 4. The van der Waals surface area contributed by atoms with Crippen LogP contribution in [-0.2, 0) is 10.0 Å². The molecule has 1 heterocycles. The van der Waals surface area contributed by atoms with Gasteiger partial charge in [0, 0.05) is 32.2 Å². The predicted octanol–water partition coefficient (Wildman–Crippen LogP) is 0.903. The molecule has 0 bridgehead atoms. The topological polar surface area (TPSA) is 60.9 Å². The molecule has 5 nitrogen and oxygen atoms in total. The number of rotatable bonds is 5. The van der Waals surface area contributed by atoms with E-state index in [1.807, 2.05) is 6.92 Å². The van der Waals surface area contributed by atoms with Gasteiger partial charge < -0.3 is 5.11 Å². The summed E-state index contributed by atoms with van der Waals surface area (Å²) in [6, 6.07) is 5.16. The summed E-state index contributed by atoms with van der Waals surface area (Å²) in [7, 11) is -3.64. The van der Waals surface area contributed by atoms with Gasteiger partial charge in [0.25, 0.3) is 0 Å². The molecule has 0 aliphatic carbocycles. The number of halogens is 1. The molecule has 0 spiro atoms. The Kier molecular flexibility index (Phi) is 5.32. The zero-order chi connectivity index (χ0) is 15.5. The number of sulfonamides is 1. The van der Waals surface area contributed by atoms with Crippen LogP contribution >= 0.6 is 0 Å². The molecular formula is C14H21FN2O3S. The smallest absolute Gasteiger partial charge is 0.243 e. The van der Waals surface area contributed by atoms with Crippen LogP contribution < -0.4 is 0 Å². The van der Waals surface area contributed by atoms with Gasteiger partial charge in [0.05, 0.1) is 11.5 Å². The second kappa shape index (κ2) is 6.83. The van der Waals surface area contributed by atoms with E-state index < -0.39 is 15.8 Å². The number of aliphatic hydroxyl groups is 1. The summed E-state index contributed by atoms with van der Waals surface area (Å²) in [6.07, 6.45) is 0.827. The molecule has 0 saturated carbocycles. The Morgan fingerprint density at radius 1 is 1.29 bits per heavy atom. The number of nitrogens with zero attached hydrogens (tertiary/aromatic N) is 2. The largest absolute Gasteiger partial charge is 0.395 e. The maximum absolute atomic E-state index is 13.2. The van der Waals surface area contributed by atoms with E-state index in [2.05, 4.69) is 4.90 Å². The highest BCUT2D eigenvalue weighted by molar-refractivity contribution is 7.89. The van der Waals surface area contributed by atoms with Gasteiger partial charge in [-0.25, -0.2) is 12.8 Å². The van der Waals surface area contributed by atoms with E-state index in [1.165, 1.54) is 22.5 Å². The van der Waals surface area contributed by atoms with E-state index in [9.17, 15) is 17.9 Å². The minimum Gasteiger partial charge on any atom is -0.395 e. The first-order chi connectivity index (χ1) is 9.98. The number of aliphatic hydroxyl groups excluding tert-OH is 1. The van der Waals surface area contributed by atoms with Crippen LogP contribution in [0.25, 0.3) is 0 Å². The molecule has 7 heteroatoms. The predicted molar refractivity (Wildman–Crippen MR) is 77.9 cm³/mol. The molecule has 1 N–H and O–H groups in total. The summed E-state index contributed by atoms with van der Waals surface area (Å²) in [5.41, 5.74) is 0. The van der Waals surface area contributed by atoms with Crippen molar-refractivity contribution in [2.45, 2.75) is 24.3 Å². The Bertz CT molecular complexity index is 567. The first-order valence-electron chi connectivity index (χ1n) is 7.09. The highest BCUT2D eigenvalue weighted by atomic mass is 32.2. The molecule has 1 aromatic carbocycles. The first kappa shape index (κ1) is 16.4. The highest BCUT2D eigenvalue weighted by Gasteiger charge is 2.30. The van der Waals surface area contributed by atoms with Crippen LogP contribution in [0, 0.1) is 5.82 Å². The van der Waals surface area contributed by atoms with Crippen LogP contribution in [0.1, 0.15) is 13.3 Å². The summed E-state index contributed by atoms with van der Waals surface area (Å²) in [5.74, 6) is -0.555. The molecule has 118 valence electrons. The number of benzene rings is 1. The molecule has 21 heavy (non-hydrogen) atoms. The van der Waals surface area contributed by atoms with Gasteiger partial charge in [0.15, 0.2) is 0 Å². The summed E-state index contributed by atoms with van der Waals surface area (Å²) in [4.78, 5) is 2.09. The summed E-state index contributed by atoms with van der Waals surface area (Å²) in [6.45, 7) is 3.94. The fraction of sp³-hybridized carbons (Fsp3) is 0.571. The van der Waals surface area contributed by atoms with E-state index in [0.29, 0.717) is 26.2 Å². The van der Waals surface area contributed by atoms with E-state index >= 15 is 0 Å². The molecule has 1 aliphatic heterocycles. The normalized spacial score (nSPS) is 19.6. The van der Waals surface area contributed by atoms with Crippen LogP contribution in [0.2, 0.25) is 0 Å². The Balaban J connectivity index is 2.08. The van der Waals surface area contributed by atoms with Gasteiger partial charge in [-0.05, 0) is 24.6 Å². The van der Waals surface area contributed by atoms with Crippen molar-refractivity contribution >= 4 is 10.0 Å². The lowest BCUT2D eigenvalue weighted by Gasteiger charge is -2.37. The van der Waals surface area contributed by atoms with Crippen molar-refractivity contribution in [3.8, 4) is 0 Å². The van der Waals surface area contributed by atoms with E-state index in [4.69, 9.17) is 0 Å². The number of piperazine rings is 1. The third kappa shape index (κ3) is 3.60. The van der Waals surface area contributed by atoms with Crippen molar-refractivity contribution in [1.29, 1.82) is 0 Å². The summed E-state index contributed by atoms with van der Waals surface area (Å²) in [5, 5.41) is 9.30. The van der Waals surface area contributed by atoms with E-state index in [1.54, 1.807) is 0 Å². The second-order valence-electron chi connectivity index (χ2n) is 5.14. The summed E-state index contributed by atoms with van der Waals surface area (Å²) >= 11 is 0. The van der Waals surface area contributed by atoms with Crippen molar-refractivity contribution < 1.29 is 17.9 Å². The van der Waals surface area contributed by atoms with Crippen molar-refractivity contribution in [3.63, 3.8) is 0 Å². The summed E-state index contributed by atoms with van der Waals surface area (Å²) < 4.78 is 39.5. The van der Waals surface area contributed by atoms with Crippen molar-refractivity contribution in [2.24, 2.45) is 0 Å². The molecule has 0 aromatic heterocycles. The first-order valence-corrected chi connectivity index (χ1v) is 8.53. The monoisotopic (exact) mass is 316 g/mol. The lowest BCUT2D eigenvalue weighted by atomic mass is 10.2. The van der Waals surface area contributed by atoms with E-state index in [0.717, 1.165) is 12.5 Å². The molecule has 1 atom stereocenters. The number of hydrogen-bond donors (Lipinski definition) is 1. The minimum atomic E-state index is -3.64. The molecule has 1 aliphatic rings. The molecule has 1 saturated heterocycles. The second-order valence-corrected chi connectivity index (χ2v) is 7.08. The van der Waals surface area contributed by atoms with Crippen LogP contribution in [0.5, 0.6) is 0 Å². The van der Waals surface area contributed by atoms with Crippen molar-refractivity contribution in [2.75, 3.05) is 32.8 Å². The SMILES string of the molecule is CCC(CO)N1CCN(S(=O)(=O)c2cccc(F)c2)CC1. The molecule has 0 amide bonds. The van der Waals surface area contributed by atoms with Crippen molar-refractivity contribution in [1.82, 2.24) is 9.21 Å². The average Bonchev–Trinajstić information content (AvgIpc) is 2.49. The molecule has 2 rings (SSSR count). The Morgan fingerprint density at radius 3 is 2.48 bits per heavy atom. The molecule has 1 aromatic rings. The van der Waals surface area contributed by atoms with Crippen LogP contribution in [0.3, 0.4) is 0 Å². The standard InChI is InChI=1S/C14H21FN2O3S/c1-2-13(11-18)16-6-8-17(9-7-16)21(19,20)14-5-3-4-12(15)10-14/h3-5,10,13,18H,2,6-9,11H2,1H3. The van der Waals surface area contributed by atoms with Gasteiger partial charge in [0.1, 0.15) is 5.82 Å². The van der Waals surface area contributed by atoms with Gasteiger partial charge in [-0.1, -0.05) is 13.0 Å². The lowest BCUT2D eigenvalue weighted by molar-refractivity contribution is 0.0881. The fourth-order valence-corrected chi connectivity index (χ4v) is 4.04. The Hall–Kier alpha value is -1.02. The van der Waals surface area contributed by atoms with Crippen LogP contribution in [0.15, 0.2) is 29.2 Å². The van der Waals surface area contributed by atoms with Crippen molar-refractivity contribution in [3.05, 3.63) is 30.1 Å². The van der Waals surface area contributed by atoms with Gasteiger partial charge in [-0.3, -0.25) is 4.90 Å². The van der Waals surface area contributed by atoms with Gasteiger partial charge in [0.2, 0.25) is 10.0 Å².